The maximum Gasteiger partial charge on any atom is 0.00676 e. The Kier molecular flexibility index (Phi) is 6.43. The number of hydrogen-bond donors (Lipinski definition) is 1. The van der Waals surface area contributed by atoms with Crippen LogP contribution in [0.5, 0.6) is 0 Å². The lowest BCUT2D eigenvalue weighted by molar-refractivity contribution is 0.456. The molecule has 0 fully saturated rings. The highest BCUT2D eigenvalue weighted by Crippen LogP contribution is 2.17. The fourth-order valence-corrected chi connectivity index (χ4v) is 2.57. The van der Waals surface area contributed by atoms with Gasteiger partial charge >= 0.3 is 0 Å². The molecule has 1 aromatic heterocycles. The van der Waals surface area contributed by atoms with Gasteiger partial charge in [0.2, 0.25) is 0 Å². The molecule has 0 amide bonds. The zero-order valence-corrected chi connectivity index (χ0v) is 11.2. The van der Waals surface area contributed by atoms with Crippen LogP contribution in [0.15, 0.2) is 29.5 Å². The van der Waals surface area contributed by atoms with Crippen LogP contribution in [-0.2, 0) is 0 Å². The van der Waals surface area contributed by atoms with Crippen molar-refractivity contribution in [1.29, 1.82) is 0 Å². The first-order valence-electron chi connectivity index (χ1n) is 6.14. The third-order valence-corrected chi connectivity index (χ3v) is 3.74. The minimum Gasteiger partial charge on any atom is -0.313 e. The summed E-state index contributed by atoms with van der Waals surface area (Å²) in [6, 6.07) is 2.86. The zero-order valence-electron chi connectivity index (χ0n) is 10.4. The SMILES string of the molecule is C=CCCC(CC)NCC(C)c1ccsc1. The lowest BCUT2D eigenvalue weighted by Crippen LogP contribution is -2.31. The van der Waals surface area contributed by atoms with E-state index in [0.717, 1.165) is 13.0 Å². The molecule has 1 nitrogen and oxygen atoms in total. The second-order valence-corrected chi connectivity index (χ2v) is 5.12. The molecular formula is C14H23NS. The fraction of sp³-hybridized carbons (Fsp3) is 0.571. The van der Waals surface area contributed by atoms with Crippen LogP contribution >= 0.6 is 11.3 Å². The number of hydrogen-bond acceptors (Lipinski definition) is 2. The largest absolute Gasteiger partial charge is 0.313 e. The Morgan fingerprint density at radius 3 is 2.94 bits per heavy atom. The Morgan fingerprint density at radius 2 is 2.38 bits per heavy atom. The first-order chi connectivity index (χ1) is 7.77. The van der Waals surface area contributed by atoms with Gasteiger partial charge in [-0.15, -0.1) is 6.58 Å². The maximum atomic E-state index is 3.78. The standard InChI is InChI=1S/C14H23NS/c1-4-6-7-14(5-2)15-10-12(3)13-8-9-16-11-13/h4,8-9,11-12,14-15H,1,5-7,10H2,2-3H3. The smallest absolute Gasteiger partial charge is 0.00676 e. The van der Waals surface area contributed by atoms with Gasteiger partial charge in [-0.2, -0.15) is 11.3 Å². The summed E-state index contributed by atoms with van der Waals surface area (Å²) in [5.74, 6) is 0.615. The second-order valence-electron chi connectivity index (χ2n) is 4.34. The highest BCUT2D eigenvalue weighted by molar-refractivity contribution is 7.07. The van der Waals surface area contributed by atoms with Crippen molar-refractivity contribution in [3.8, 4) is 0 Å². The van der Waals surface area contributed by atoms with Gasteiger partial charge in [0.15, 0.2) is 0 Å². The van der Waals surface area contributed by atoms with E-state index in [2.05, 4.69) is 42.6 Å². The predicted molar refractivity (Wildman–Crippen MR) is 74.2 cm³/mol. The number of nitrogens with one attached hydrogen (secondary N) is 1. The number of allylic oxidation sites excluding steroid dienone is 1. The average Bonchev–Trinajstić information content (AvgIpc) is 2.82. The summed E-state index contributed by atoms with van der Waals surface area (Å²) in [6.45, 7) is 9.39. The molecule has 2 unspecified atom stereocenters. The van der Waals surface area contributed by atoms with Gasteiger partial charge in [0.1, 0.15) is 0 Å². The first-order valence-corrected chi connectivity index (χ1v) is 7.08. The molecule has 1 heterocycles. The Morgan fingerprint density at radius 1 is 1.56 bits per heavy atom. The van der Waals surface area contributed by atoms with Gasteiger partial charge in [0, 0.05) is 12.6 Å². The van der Waals surface area contributed by atoms with Crippen molar-refractivity contribution in [3.63, 3.8) is 0 Å². The van der Waals surface area contributed by atoms with Crippen molar-refractivity contribution >= 4 is 11.3 Å². The molecular weight excluding hydrogens is 214 g/mol. The van der Waals surface area contributed by atoms with Crippen molar-refractivity contribution in [2.75, 3.05) is 6.54 Å². The zero-order chi connectivity index (χ0) is 11.8. The third kappa shape index (κ3) is 4.50. The molecule has 0 radical (unpaired) electrons. The Hall–Kier alpha value is -0.600. The number of rotatable bonds is 8. The molecule has 0 bridgehead atoms. The molecule has 1 aromatic rings. The molecule has 1 N–H and O–H groups in total. The van der Waals surface area contributed by atoms with Crippen LogP contribution in [0.1, 0.15) is 44.6 Å². The summed E-state index contributed by atoms with van der Waals surface area (Å²) >= 11 is 1.78. The van der Waals surface area contributed by atoms with E-state index >= 15 is 0 Å². The first kappa shape index (κ1) is 13.5. The quantitative estimate of drug-likeness (QED) is 0.669. The monoisotopic (exact) mass is 237 g/mol. The van der Waals surface area contributed by atoms with Crippen molar-refractivity contribution in [2.45, 2.75) is 45.1 Å². The molecule has 0 aliphatic rings. The van der Waals surface area contributed by atoms with E-state index in [0.29, 0.717) is 12.0 Å². The normalized spacial score (nSPS) is 14.6. The molecule has 2 heteroatoms. The number of thiophene rings is 1. The van der Waals surface area contributed by atoms with E-state index in [1.807, 2.05) is 6.08 Å². The van der Waals surface area contributed by atoms with Gasteiger partial charge in [0.25, 0.3) is 0 Å². The summed E-state index contributed by atoms with van der Waals surface area (Å²) in [5.41, 5.74) is 1.45. The summed E-state index contributed by atoms with van der Waals surface area (Å²) in [4.78, 5) is 0. The van der Waals surface area contributed by atoms with Gasteiger partial charge in [0.05, 0.1) is 0 Å². The van der Waals surface area contributed by atoms with Gasteiger partial charge in [-0.25, -0.2) is 0 Å². The van der Waals surface area contributed by atoms with Crippen LogP contribution < -0.4 is 5.32 Å². The van der Waals surface area contributed by atoms with E-state index in [4.69, 9.17) is 0 Å². The molecule has 2 atom stereocenters. The third-order valence-electron chi connectivity index (χ3n) is 3.04. The van der Waals surface area contributed by atoms with Gasteiger partial charge in [-0.05, 0) is 47.6 Å². The van der Waals surface area contributed by atoms with Crippen LogP contribution in [0.3, 0.4) is 0 Å². The lowest BCUT2D eigenvalue weighted by Gasteiger charge is -2.19. The molecule has 16 heavy (non-hydrogen) atoms. The average molecular weight is 237 g/mol. The summed E-state index contributed by atoms with van der Waals surface area (Å²) in [6.07, 6.45) is 5.52. The molecule has 0 saturated heterocycles. The molecule has 0 aromatic carbocycles. The highest BCUT2D eigenvalue weighted by atomic mass is 32.1. The second kappa shape index (κ2) is 7.64. The van der Waals surface area contributed by atoms with E-state index in [9.17, 15) is 0 Å². The molecule has 1 rings (SSSR count). The van der Waals surface area contributed by atoms with E-state index in [1.54, 1.807) is 11.3 Å². The predicted octanol–water partition coefficient (Wildman–Crippen LogP) is 4.19. The van der Waals surface area contributed by atoms with Crippen LogP contribution in [0.4, 0.5) is 0 Å². The van der Waals surface area contributed by atoms with Crippen LogP contribution in [0.2, 0.25) is 0 Å². The van der Waals surface area contributed by atoms with Crippen molar-refractivity contribution in [1.82, 2.24) is 5.32 Å². The Balaban J connectivity index is 2.29. The van der Waals surface area contributed by atoms with Gasteiger partial charge in [-0.1, -0.05) is 19.9 Å². The Bertz CT molecular complexity index is 279. The molecule has 90 valence electrons. The van der Waals surface area contributed by atoms with Crippen LogP contribution in [0, 0.1) is 0 Å². The van der Waals surface area contributed by atoms with Crippen molar-refractivity contribution in [3.05, 3.63) is 35.0 Å². The lowest BCUT2D eigenvalue weighted by atomic mass is 10.0. The van der Waals surface area contributed by atoms with Crippen molar-refractivity contribution in [2.24, 2.45) is 0 Å². The van der Waals surface area contributed by atoms with E-state index in [1.165, 1.54) is 18.4 Å². The maximum absolute atomic E-state index is 3.78. The molecule has 0 aliphatic carbocycles. The molecule has 0 aliphatic heterocycles. The Labute approximate surface area is 104 Å². The van der Waals surface area contributed by atoms with Crippen molar-refractivity contribution < 1.29 is 0 Å². The molecule has 0 spiro atoms. The fourth-order valence-electron chi connectivity index (χ4n) is 1.79. The minimum absolute atomic E-state index is 0.615. The summed E-state index contributed by atoms with van der Waals surface area (Å²) in [7, 11) is 0. The van der Waals surface area contributed by atoms with Crippen LogP contribution in [0.25, 0.3) is 0 Å². The topological polar surface area (TPSA) is 12.0 Å². The van der Waals surface area contributed by atoms with Gasteiger partial charge < -0.3 is 5.32 Å². The van der Waals surface area contributed by atoms with E-state index < -0.39 is 0 Å². The van der Waals surface area contributed by atoms with E-state index in [-0.39, 0.29) is 0 Å². The van der Waals surface area contributed by atoms with Gasteiger partial charge in [-0.3, -0.25) is 0 Å². The summed E-state index contributed by atoms with van der Waals surface area (Å²) in [5, 5.41) is 8.05. The highest BCUT2D eigenvalue weighted by Gasteiger charge is 2.09. The van der Waals surface area contributed by atoms with Crippen LogP contribution in [-0.4, -0.2) is 12.6 Å². The minimum atomic E-state index is 0.615. The summed E-state index contributed by atoms with van der Waals surface area (Å²) < 4.78 is 0. The molecule has 0 saturated carbocycles.